The number of rotatable bonds is 4. The van der Waals surface area contributed by atoms with Gasteiger partial charge in [-0.15, -0.1) is 0 Å². The van der Waals surface area contributed by atoms with Crippen LogP contribution in [0.5, 0.6) is 5.88 Å². The van der Waals surface area contributed by atoms with E-state index in [1.54, 1.807) is 6.20 Å². The molecule has 1 aliphatic heterocycles. The van der Waals surface area contributed by atoms with Crippen LogP contribution in [0.4, 0.5) is 0 Å². The molecule has 2 aromatic rings. The van der Waals surface area contributed by atoms with E-state index in [-0.39, 0.29) is 0 Å². The molecule has 4 nitrogen and oxygen atoms in total. The van der Waals surface area contributed by atoms with Crippen molar-refractivity contribution in [2.45, 2.75) is 19.3 Å². The number of aromatic nitrogens is 2. The molecule has 1 aromatic heterocycles. The maximum atomic E-state index is 5.72. The summed E-state index contributed by atoms with van der Waals surface area (Å²) in [6.07, 6.45) is 5.38. The van der Waals surface area contributed by atoms with Gasteiger partial charge in [-0.3, -0.25) is 0 Å². The van der Waals surface area contributed by atoms with E-state index >= 15 is 0 Å². The molecular formula is C15H19N3O. The molecule has 4 heteroatoms. The number of para-hydroxylation sites is 2. The highest BCUT2D eigenvalue weighted by atomic mass is 16.5. The summed E-state index contributed by atoms with van der Waals surface area (Å²) in [5.74, 6) is 1.37. The highest BCUT2D eigenvalue weighted by molar-refractivity contribution is 5.73. The van der Waals surface area contributed by atoms with Crippen LogP contribution in [-0.2, 0) is 0 Å². The van der Waals surface area contributed by atoms with Crippen molar-refractivity contribution in [1.82, 2.24) is 15.3 Å². The lowest BCUT2D eigenvalue weighted by molar-refractivity contribution is 0.247. The van der Waals surface area contributed by atoms with Gasteiger partial charge in [0, 0.05) is 0 Å². The Bertz CT molecular complexity index is 538. The average molecular weight is 257 g/mol. The summed E-state index contributed by atoms with van der Waals surface area (Å²) in [5.41, 5.74) is 1.80. The van der Waals surface area contributed by atoms with E-state index in [9.17, 15) is 0 Å². The fourth-order valence-corrected chi connectivity index (χ4v) is 2.51. The number of benzene rings is 1. The van der Waals surface area contributed by atoms with E-state index in [4.69, 9.17) is 4.74 Å². The van der Waals surface area contributed by atoms with Gasteiger partial charge in [0.25, 0.3) is 0 Å². The highest BCUT2D eigenvalue weighted by Gasteiger charge is 2.12. The number of hydrogen-bond acceptors (Lipinski definition) is 4. The maximum absolute atomic E-state index is 5.72. The van der Waals surface area contributed by atoms with Gasteiger partial charge >= 0.3 is 0 Å². The molecule has 0 bridgehead atoms. The molecule has 1 aromatic carbocycles. The second kappa shape index (κ2) is 5.97. The SMILES string of the molecule is c1ccc2nc(OCCC3CCCNC3)cnc2c1. The van der Waals surface area contributed by atoms with Crippen LogP contribution in [-0.4, -0.2) is 29.7 Å². The smallest absolute Gasteiger partial charge is 0.232 e. The lowest BCUT2D eigenvalue weighted by Crippen LogP contribution is -2.30. The van der Waals surface area contributed by atoms with Crippen molar-refractivity contribution in [2.75, 3.05) is 19.7 Å². The second-order valence-electron chi connectivity index (χ2n) is 5.05. The predicted octanol–water partition coefficient (Wildman–Crippen LogP) is 2.40. The molecular weight excluding hydrogens is 238 g/mol. The molecule has 0 amide bonds. The minimum Gasteiger partial charge on any atom is -0.477 e. The molecule has 0 spiro atoms. The molecule has 1 N–H and O–H groups in total. The quantitative estimate of drug-likeness (QED) is 0.913. The minimum absolute atomic E-state index is 0.627. The van der Waals surface area contributed by atoms with E-state index in [1.807, 2.05) is 24.3 Å². The van der Waals surface area contributed by atoms with Gasteiger partial charge in [-0.25, -0.2) is 9.97 Å². The number of ether oxygens (including phenoxy) is 1. The third-order valence-electron chi connectivity index (χ3n) is 3.60. The van der Waals surface area contributed by atoms with Gasteiger partial charge in [-0.05, 0) is 50.4 Å². The van der Waals surface area contributed by atoms with Crippen LogP contribution in [0, 0.1) is 5.92 Å². The van der Waals surface area contributed by atoms with E-state index in [1.165, 1.54) is 12.8 Å². The fourth-order valence-electron chi connectivity index (χ4n) is 2.51. The first-order valence-electron chi connectivity index (χ1n) is 6.97. The van der Waals surface area contributed by atoms with E-state index in [0.717, 1.165) is 43.1 Å². The standard InChI is InChI=1S/C15H19N3O/c1-2-6-14-13(5-1)17-11-15(18-14)19-9-7-12-4-3-8-16-10-12/h1-2,5-6,11-12,16H,3-4,7-10H2. The number of piperidine rings is 1. The molecule has 19 heavy (non-hydrogen) atoms. The second-order valence-corrected chi connectivity index (χ2v) is 5.05. The molecule has 0 aliphatic carbocycles. The fraction of sp³-hybridized carbons (Fsp3) is 0.467. The van der Waals surface area contributed by atoms with E-state index in [2.05, 4.69) is 15.3 Å². The van der Waals surface area contributed by atoms with Gasteiger partial charge in [-0.2, -0.15) is 0 Å². The van der Waals surface area contributed by atoms with Gasteiger partial charge in [-0.1, -0.05) is 12.1 Å². The van der Waals surface area contributed by atoms with Gasteiger partial charge in [0.05, 0.1) is 23.8 Å². The van der Waals surface area contributed by atoms with Crippen LogP contribution >= 0.6 is 0 Å². The first-order valence-corrected chi connectivity index (χ1v) is 6.97. The summed E-state index contributed by atoms with van der Waals surface area (Å²) in [6, 6.07) is 7.85. The zero-order valence-corrected chi connectivity index (χ0v) is 11.0. The highest BCUT2D eigenvalue weighted by Crippen LogP contribution is 2.16. The van der Waals surface area contributed by atoms with Crippen LogP contribution in [0.25, 0.3) is 11.0 Å². The predicted molar refractivity (Wildman–Crippen MR) is 75.2 cm³/mol. The molecule has 1 atom stereocenters. The minimum atomic E-state index is 0.627. The Morgan fingerprint density at radius 1 is 1.26 bits per heavy atom. The summed E-state index contributed by atoms with van der Waals surface area (Å²) >= 11 is 0. The molecule has 3 rings (SSSR count). The Morgan fingerprint density at radius 2 is 2.16 bits per heavy atom. The number of hydrogen-bond donors (Lipinski definition) is 1. The average Bonchev–Trinajstić information content (AvgIpc) is 2.48. The molecule has 1 saturated heterocycles. The zero-order valence-electron chi connectivity index (χ0n) is 11.0. The molecule has 0 radical (unpaired) electrons. The monoisotopic (exact) mass is 257 g/mol. The third kappa shape index (κ3) is 3.20. The lowest BCUT2D eigenvalue weighted by atomic mass is 9.97. The Kier molecular flexibility index (Phi) is 3.89. The lowest BCUT2D eigenvalue weighted by Gasteiger charge is -2.22. The molecule has 1 fully saturated rings. The van der Waals surface area contributed by atoms with E-state index < -0.39 is 0 Å². The van der Waals surface area contributed by atoms with Crippen molar-refractivity contribution < 1.29 is 4.74 Å². The van der Waals surface area contributed by atoms with Crippen molar-refractivity contribution in [3.05, 3.63) is 30.5 Å². The van der Waals surface area contributed by atoms with Crippen molar-refractivity contribution in [1.29, 1.82) is 0 Å². The van der Waals surface area contributed by atoms with Gasteiger partial charge in [0.2, 0.25) is 5.88 Å². The number of nitrogens with one attached hydrogen (secondary N) is 1. The van der Waals surface area contributed by atoms with Gasteiger partial charge < -0.3 is 10.1 Å². The summed E-state index contributed by atoms with van der Waals surface area (Å²) in [4.78, 5) is 8.80. The normalized spacial score (nSPS) is 19.5. The Hall–Kier alpha value is -1.68. The van der Waals surface area contributed by atoms with Crippen molar-refractivity contribution in [2.24, 2.45) is 5.92 Å². The first kappa shape index (κ1) is 12.4. The van der Waals surface area contributed by atoms with Crippen LogP contribution in [0.1, 0.15) is 19.3 Å². The van der Waals surface area contributed by atoms with Crippen molar-refractivity contribution in [3.63, 3.8) is 0 Å². The molecule has 100 valence electrons. The maximum Gasteiger partial charge on any atom is 0.232 e. The first-order chi connectivity index (χ1) is 9.42. The summed E-state index contributed by atoms with van der Waals surface area (Å²) in [7, 11) is 0. The Labute approximate surface area is 113 Å². The van der Waals surface area contributed by atoms with Gasteiger partial charge in [0.1, 0.15) is 0 Å². The third-order valence-corrected chi connectivity index (χ3v) is 3.60. The molecule has 1 unspecified atom stereocenters. The number of nitrogens with zero attached hydrogens (tertiary/aromatic N) is 2. The summed E-state index contributed by atoms with van der Waals surface area (Å²) in [6.45, 7) is 3.00. The van der Waals surface area contributed by atoms with Crippen LogP contribution < -0.4 is 10.1 Å². The Balaban J connectivity index is 1.56. The summed E-state index contributed by atoms with van der Waals surface area (Å²) in [5, 5.41) is 3.42. The zero-order chi connectivity index (χ0) is 12.9. The summed E-state index contributed by atoms with van der Waals surface area (Å²) < 4.78 is 5.72. The van der Waals surface area contributed by atoms with Gasteiger partial charge in [0.15, 0.2) is 0 Å². The molecule has 1 aliphatic rings. The topological polar surface area (TPSA) is 47.0 Å². The van der Waals surface area contributed by atoms with Crippen molar-refractivity contribution >= 4 is 11.0 Å². The number of fused-ring (bicyclic) bond motifs is 1. The Morgan fingerprint density at radius 3 is 3.00 bits per heavy atom. The molecule has 2 heterocycles. The van der Waals surface area contributed by atoms with Crippen LogP contribution in [0.15, 0.2) is 30.5 Å². The van der Waals surface area contributed by atoms with Crippen LogP contribution in [0.2, 0.25) is 0 Å². The van der Waals surface area contributed by atoms with Crippen LogP contribution in [0.3, 0.4) is 0 Å². The van der Waals surface area contributed by atoms with E-state index in [0.29, 0.717) is 5.88 Å². The largest absolute Gasteiger partial charge is 0.477 e. The van der Waals surface area contributed by atoms with Crippen molar-refractivity contribution in [3.8, 4) is 5.88 Å². The molecule has 0 saturated carbocycles.